The van der Waals surface area contributed by atoms with E-state index in [4.69, 9.17) is 9.16 Å². The lowest BCUT2D eigenvalue weighted by Crippen LogP contribution is -2.45. The van der Waals surface area contributed by atoms with Crippen LogP contribution in [0.15, 0.2) is 12.2 Å². The van der Waals surface area contributed by atoms with Crippen molar-refractivity contribution < 1.29 is 14.0 Å². The van der Waals surface area contributed by atoms with Crippen LogP contribution in [0.25, 0.3) is 0 Å². The predicted octanol–water partition coefficient (Wildman–Crippen LogP) is 4.30. The van der Waals surface area contributed by atoms with Gasteiger partial charge in [-0.1, -0.05) is 47.1 Å². The first-order valence-electron chi connectivity index (χ1n) is 7.01. The van der Waals surface area contributed by atoms with E-state index in [9.17, 15) is 4.79 Å². The van der Waals surface area contributed by atoms with Crippen LogP contribution in [0, 0.1) is 0 Å². The molecular formula is C15H30O3Si. The fourth-order valence-corrected chi connectivity index (χ4v) is 2.81. The van der Waals surface area contributed by atoms with Crippen LogP contribution in [-0.2, 0) is 14.0 Å². The van der Waals surface area contributed by atoms with Gasteiger partial charge in [-0.25, -0.2) is 4.79 Å². The highest BCUT2D eigenvalue weighted by molar-refractivity contribution is 6.74. The molecule has 0 aromatic carbocycles. The summed E-state index contributed by atoms with van der Waals surface area (Å²) in [5.74, 6) is -0.361. The third-order valence-corrected chi connectivity index (χ3v) is 8.39. The molecule has 0 rings (SSSR count). The minimum Gasteiger partial charge on any atom is -0.466 e. The van der Waals surface area contributed by atoms with E-state index in [0.717, 1.165) is 19.3 Å². The standard InChI is InChI=1S/C15H30O3Si/c1-9-10-11-13(12(2)14(16)17-6)18-19(7,8)15(3,4)5/h13H,2,9-11H2,1,3-8H3. The van der Waals surface area contributed by atoms with Crippen molar-refractivity contribution in [1.82, 2.24) is 0 Å². The number of carbonyl (C=O) groups is 1. The molecule has 0 aliphatic rings. The summed E-state index contributed by atoms with van der Waals surface area (Å²) in [6.45, 7) is 17.0. The molecule has 1 unspecified atom stereocenters. The van der Waals surface area contributed by atoms with Crippen LogP contribution in [0.5, 0.6) is 0 Å². The zero-order valence-electron chi connectivity index (χ0n) is 13.6. The largest absolute Gasteiger partial charge is 0.466 e. The fourth-order valence-electron chi connectivity index (χ4n) is 1.49. The van der Waals surface area contributed by atoms with Crippen molar-refractivity contribution in [2.45, 2.75) is 71.2 Å². The minimum atomic E-state index is -1.91. The molecule has 0 amide bonds. The van der Waals surface area contributed by atoms with Crippen molar-refractivity contribution in [2.75, 3.05) is 7.11 Å². The Morgan fingerprint density at radius 1 is 1.32 bits per heavy atom. The van der Waals surface area contributed by atoms with Gasteiger partial charge in [0.05, 0.1) is 18.8 Å². The van der Waals surface area contributed by atoms with Gasteiger partial charge in [0.15, 0.2) is 8.32 Å². The fraction of sp³-hybridized carbons (Fsp3) is 0.800. The number of unbranched alkanes of at least 4 members (excludes halogenated alkanes) is 1. The molecule has 1 atom stereocenters. The van der Waals surface area contributed by atoms with Gasteiger partial charge in [0.2, 0.25) is 0 Å². The number of carbonyl (C=O) groups excluding carboxylic acids is 1. The highest BCUT2D eigenvalue weighted by Crippen LogP contribution is 2.38. The van der Waals surface area contributed by atoms with E-state index < -0.39 is 8.32 Å². The quantitative estimate of drug-likeness (QED) is 0.398. The van der Waals surface area contributed by atoms with Crippen LogP contribution >= 0.6 is 0 Å². The Morgan fingerprint density at radius 3 is 2.21 bits per heavy atom. The molecule has 0 heterocycles. The van der Waals surface area contributed by atoms with E-state index in [1.165, 1.54) is 7.11 Å². The molecular weight excluding hydrogens is 256 g/mol. The van der Waals surface area contributed by atoms with E-state index in [-0.39, 0.29) is 17.1 Å². The zero-order chi connectivity index (χ0) is 15.3. The van der Waals surface area contributed by atoms with Gasteiger partial charge < -0.3 is 9.16 Å². The van der Waals surface area contributed by atoms with Gasteiger partial charge in [-0.3, -0.25) is 0 Å². The zero-order valence-corrected chi connectivity index (χ0v) is 14.6. The van der Waals surface area contributed by atoms with Crippen molar-refractivity contribution in [3.8, 4) is 0 Å². The molecule has 0 bridgehead atoms. The minimum absolute atomic E-state index is 0.119. The summed E-state index contributed by atoms with van der Waals surface area (Å²) in [6, 6.07) is 0. The summed E-state index contributed by atoms with van der Waals surface area (Å²) in [5, 5.41) is 0.119. The smallest absolute Gasteiger partial charge is 0.335 e. The van der Waals surface area contributed by atoms with Gasteiger partial charge in [0.1, 0.15) is 0 Å². The lowest BCUT2D eigenvalue weighted by molar-refractivity contribution is -0.137. The first kappa shape index (κ1) is 18.4. The summed E-state index contributed by atoms with van der Waals surface area (Å²) < 4.78 is 11.1. The summed E-state index contributed by atoms with van der Waals surface area (Å²) in [6.07, 6.45) is 2.71. The van der Waals surface area contributed by atoms with Crippen LogP contribution in [-0.4, -0.2) is 27.5 Å². The normalized spacial score (nSPS) is 14.1. The van der Waals surface area contributed by atoms with E-state index in [2.05, 4.69) is 47.4 Å². The Morgan fingerprint density at radius 2 is 1.84 bits per heavy atom. The van der Waals surface area contributed by atoms with Gasteiger partial charge >= 0.3 is 5.97 Å². The summed E-state index contributed by atoms with van der Waals surface area (Å²) in [5.41, 5.74) is 0.445. The number of hydrogen-bond donors (Lipinski definition) is 0. The number of esters is 1. The summed E-state index contributed by atoms with van der Waals surface area (Å²) in [4.78, 5) is 11.7. The third-order valence-electron chi connectivity index (χ3n) is 3.90. The average Bonchev–Trinajstić information content (AvgIpc) is 2.30. The van der Waals surface area contributed by atoms with E-state index >= 15 is 0 Å². The Kier molecular flexibility index (Phi) is 7.01. The predicted molar refractivity (Wildman–Crippen MR) is 82.8 cm³/mol. The number of methoxy groups -OCH3 is 1. The first-order valence-corrected chi connectivity index (χ1v) is 9.92. The van der Waals surface area contributed by atoms with E-state index in [1.54, 1.807) is 0 Å². The molecule has 0 aromatic rings. The van der Waals surface area contributed by atoms with Crippen molar-refractivity contribution >= 4 is 14.3 Å². The molecule has 0 aliphatic heterocycles. The Labute approximate surface area is 119 Å². The Hall–Kier alpha value is -0.613. The number of ether oxygens (including phenoxy) is 1. The van der Waals surface area contributed by atoms with Crippen LogP contribution in [0.1, 0.15) is 47.0 Å². The molecule has 0 fully saturated rings. The summed E-state index contributed by atoms with van der Waals surface area (Å²) >= 11 is 0. The molecule has 0 spiro atoms. The van der Waals surface area contributed by atoms with Crippen molar-refractivity contribution in [1.29, 1.82) is 0 Å². The maximum atomic E-state index is 11.7. The SMILES string of the molecule is C=C(C(=O)OC)C(CCCC)O[Si](C)(C)C(C)(C)C. The van der Waals surface area contributed by atoms with E-state index in [1.807, 2.05) is 0 Å². The highest BCUT2D eigenvalue weighted by Gasteiger charge is 2.40. The molecule has 3 nitrogen and oxygen atoms in total. The van der Waals surface area contributed by atoms with Crippen LogP contribution in [0.4, 0.5) is 0 Å². The molecule has 0 aliphatic carbocycles. The lowest BCUT2D eigenvalue weighted by Gasteiger charge is -2.39. The number of rotatable bonds is 7. The molecule has 0 aromatic heterocycles. The summed E-state index contributed by atoms with van der Waals surface area (Å²) in [7, 11) is -0.522. The van der Waals surface area contributed by atoms with Gasteiger partial charge in [-0.15, -0.1) is 0 Å². The second-order valence-corrected chi connectivity index (χ2v) is 11.3. The van der Waals surface area contributed by atoms with Gasteiger partial charge in [-0.05, 0) is 24.6 Å². The third kappa shape index (κ3) is 5.49. The second-order valence-electron chi connectivity index (χ2n) is 6.53. The maximum Gasteiger partial charge on any atom is 0.335 e. The van der Waals surface area contributed by atoms with Crippen molar-refractivity contribution in [3.05, 3.63) is 12.2 Å². The molecule has 0 N–H and O–H groups in total. The monoisotopic (exact) mass is 286 g/mol. The molecule has 0 saturated heterocycles. The molecule has 19 heavy (non-hydrogen) atoms. The lowest BCUT2D eigenvalue weighted by atomic mass is 10.1. The highest BCUT2D eigenvalue weighted by atomic mass is 28.4. The maximum absolute atomic E-state index is 11.7. The molecule has 112 valence electrons. The van der Waals surface area contributed by atoms with Crippen LogP contribution in [0.2, 0.25) is 18.1 Å². The second kappa shape index (κ2) is 7.24. The van der Waals surface area contributed by atoms with Crippen LogP contribution < -0.4 is 0 Å². The molecule has 0 radical (unpaired) electrons. The van der Waals surface area contributed by atoms with Crippen molar-refractivity contribution in [2.24, 2.45) is 0 Å². The average molecular weight is 286 g/mol. The van der Waals surface area contributed by atoms with Crippen molar-refractivity contribution in [3.63, 3.8) is 0 Å². The Bertz CT molecular complexity index is 316. The topological polar surface area (TPSA) is 35.5 Å². The molecule has 0 saturated carbocycles. The van der Waals surface area contributed by atoms with Crippen LogP contribution in [0.3, 0.4) is 0 Å². The Balaban J connectivity index is 4.97. The van der Waals surface area contributed by atoms with E-state index in [0.29, 0.717) is 5.57 Å². The van der Waals surface area contributed by atoms with Gasteiger partial charge in [0.25, 0.3) is 0 Å². The van der Waals surface area contributed by atoms with Gasteiger partial charge in [0, 0.05) is 0 Å². The van der Waals surface area contributed by atoms with Gasteiger partial charge in [-0.2, -0.15) is 0 Å². The molecule has 4 heteroatoms. The first-order chi connectivity index (χ1) is 8.56. The number of hydrogen-bond acceptors (Lipinski definition) is 3.